The highest BCUT2D eigenvalue weighted by Gasteiger charge is 2.32. The summed E-state index contributed by atoms with van der Waals surface area (Å²) in [5.41, 5.74) is 4.02. The predicted molar refractivity (Wildman–Crippen MR) is 183 cm³/mol. The van der Waals surface area contributed by atoms with Crippen LogP contribution in [0.2, 0.25) is 15.1 Å². The molecule has 0 unspecified atom stereocenters. The van der Waals surface area contributed by atoms with Gasteiger partial charge < -0.3 is 24.7 Å². The van der Waals surface area contributed by atoms with Gasteiger partial charge in [0.2, 0.25) is 0 Å². The van der Waals surface area contributed by atoms with Crippen molar-refractivity contribution in [1.82, 2.24) is 9.97 Å². The van der Waals surface area contributed by atoms with E-state index in [4.69, 9.17) is 44.6 Å². The van der Waals surface area contributed by atoms with E-state index >= 15 is 0 Å². The van der Waals surface area contributed by atoms with Crippen LogP contribution in [0.25, 0.3) is 0 Å². The standard InChI is InChI=1S/C20H16BCl2NO2.C13H11BClNO4/c1-12-5-7-14(10-16(12)22)21(15-8-6-13(2)17(23)11-15)20(26)19-18(25)4-3-9-24-19;1-8-4-5-9(7-10(8)15)14(19)20-11-3-2-6-16-12(11)13(17)18/h3-11,25H,1-2H3;2-7,19H,1H3,(H,17,18). The first-order valence-electron chi connectivity index (χ1n) is 13.9. The third-order valence-electron chi connectivity index (χ3n) is 7.03. The zero-order valence-electron chi connectivity index (χ0n) is 24.9. The summed E-state index contributed by atoms with van der Waals surface area (Å²) in [6, 6.07) is 21.9. The van der Waals surface area contributed by atoms with Crippen LogP contribution < -0.4 is 21.0 Å². The van der Waals surface area contributed by atoms with Crippen LogP contribution in [-0.4, -0.2) is 50.7 Å². The highest BCUT2D eigenvalue weighted by Crippen LogP contribution is 2.20. The number of benzene rings is 3. The Kier molecular flexibility index (Phi) is 11.5. The highest BCUT2D eigenvalue weighted by atomic mass is 35.5. The van der Waals surface area contributed by atoms with E-state index in [-0.39, 0.29) is 28.6 Å². The second-order valence-electron chi connectivity index (χ2n) is 10.3. The summed E-state index contributed by atoms with van der Waals surface area (Å²) < 4.78 is 5.24. The van der Waals surface area contributed by atoms with Crippen molar-refractivity contribution in [3.05, 3.63) is 134 Å². The lowest BCUT2D eigenvalue weighted by atomic mass is 9.37. The van der Waals surface area contributed by atoms with Crippen LogP contribution in [-0.2, 0) is 0 Å². The molecule has 232 valence electrons. The van der Waals surface area contributed by atoms with Crippen LogP contribution in [0.1, 0.15) is 37.7 Å². The first-order valence-corrected chi connectivity index (χ1v) is 15.0. The molecule has 0 saturated heterocycles. The number of carbonyl (C=O) groups is 2. The minimum Gasteiger partial charge on any atom is -0.531 e. The molecule has 0 atom stereocenters. The summed E-state index contributed by atoms with van der Waals surface area (Å²) >= 11 is 18.5. The second kappa shape index (κ2) is 15.3. The molecule has 0 fully saturated rings. The summed E-state index contributed by atoms with van der Waals surface area (Å²) in [6.07, 6.45) is 2.82. The highest BCUT2D eigenvalue weighted by molar-refractivity contribution is 7.09. The number of pyridine rings is 2. The average molecular weight is 676 g/mol. The number of carboxylic acid groups (broad SMARTS) is 1. The quantitative estimate of drug-likeness (QED) is 0.190. The molecule has 3 N–H and O–H groups in total. The molecule has 13 heteroatoms. The van der Waals surface area contributed by atoms with Gasteiger partial charge in [-0.3, -0.25) is 4.98 Å². The number of hydrogen-bond donors (Lipinski definition) is 3. The van der Waals surface area contributed by atoms with Gasteiger partial charge >= 0.3 is 13.1 Å². The van der Waals surface area contributed by atoms with Gasteiger partial charge in [-0.05, 0) is 85.4 Å². The van der Waals surface area contributed by atoms with E-state index in [2.05, 4.69) is 9.97 Å². The molecule has 2 heterocycles. The third kappa shape index (κ3) is 8.27. The van der Waals surface area contributed by atoms with Gasteiger partial charge in [-0.1, -0.05) is 82.1 Å². The lowest BCUT2D eigenvalue weighted by Crippen LogP contribution is -2.49. The van der Waals surface area contributed by atoms with Gasteiger partial charge in [-0.2, -0.15) is 0 Å². The molecule has 3 aromatic carbocycles. The number of aromatic hydroxyl groups is 1. The molecule has 0 amide bonds. The fourth-order valence-electron chi connectivity index (χ4n) is 4.39. The van der Waals surface area contributed by atoms with Gasteiger partial charge in [-0.25, -0.2) is 9.78 Å². The lowest BCUT2D eigenvalue weighted by molar-refractivity contribution is 0.0688. The molecular weight excluding hydrogens is 648 g/mol. The van der Waals surface area contributed by atoms with Crippen LogP contribution in [0.4, 0.5) is 0 Å². The molecule has 0 aliphatic rings. The monoisotopic (exact) mass is 674 g/mol. The van der Waals surface area contributed by atoms with E-state index in [1.807, 2.05) is 45.0 Å². The molecule has 0 aliphatic heterocycles. The second-order valence-corrected chi connectivity index (χ2v) is 11.5. The number of aryl methyl sites for hydroxylation is 3. The zero-order chi connectivity index (χ0) is 33.5. The molecule has 46 heavy (non-hydrogen) atoms. The topological polar surface area (TPSA) is 130 Å². The fourth-order valence-corrected chi connectivity index (χ4v) is 4.96. The van der Waals surface area contributed by atoms with Crippen LogP contribution in [0.5, 0.6) is 11.5 Å². The van der Waals surface area contributed by atoms with Gasteiger partial charge in [0.15, 0.2) is 11.4 Å². The van der Waals surface area contributed by atoms with Gasteiger partial charge in [0.05, 0.1) is 0 Å². The number of carboxylic acids is 1. The molecule has 0 spiro atoms. The third-order valence-corrected chi connectivity index (χ3v) is 8.25. The Morgan fingerprint density at radius 2 is 1.15 bits per heavy atom. The van der Waals surface area contributed by atoms with Gasteiger partial charge in [-0.15, -0.1) is 0 Å². The minimum absolute atomic E-state index is 0.0100. The maximum Gasteiger partial charge on any atom is 0.560 e. The summed E-state index contributed by atoms with van der Waals surface area (Å²) in [6.45, 7) is 4.96. The van der Waals surface area contributed by atoms with Gasteiger partial charge in [0.25, 0.3) is 6.71 Å². The average Bonchev–Trinajstić information content (AvgIpc) is 3.02. The van der Waals surface area contributed by atoms with E-state index in [1.165, 1.54) is 30.6 Å². The van der Waals surface area contributed by atoms with Crippen molar-refractivity contribution in [1.29, 1.82) is 0 Å². The molecule has 0 saturated carbocycles. The Balaban J connectivity index is 0.000000216. The first-order chi connectivity index (χ1) is 21.9. The molecular formula is C33H27B2Cl3N2O6. The normalized spacial score (nSPS) is 10.4. The van der Waals surface area contributed by atoms with Crippen molar-refractivity contribution in [2.45, 2.75) is 20.8 Å². The summed E-state index contributed by atoms with van der Waals surface area (Å²) in [4.78, 5) is 32.0. The Hall–Kier alpha value is -4.34. The van der Waals surface area contributed by atoms with Crippen LogP contribution in [0.3, 0.4) is 0 Å². The maximum absolute atomic E-state index is 13.3. The van der Waals surface area contributed by atoms with E-state index < -0.39 is 19.8 Å². The van der Waals surface area contributed by atoms with Crippen molar-refractivity contribution in [2.24, 2.45) is 0 Å². The SMILES string of the molecule is Cc1ccc(B(C(=O)c2ncccc2O)c2ccc(C)c(Cl)c2)cc1Cl.Cc1ccc(B(O)Oc2cccnc2C(=O)O)cc1Cl. The number of halogens is 3. The fraction of sp³-hybridized carbons (Fsp3) is 0.0909. The summed E-state index contributed by atoms with van der Waals surface area (Å²) in [7, 11) is -1.32. The van der Waals surface area contributed by atoms with Crippen LogP contribution in [0.15, 0.2) is 91.3 Å². The summed E-state index contributed by atoms with van der Waals surface area (Å²) in [5.74, 6) is -1.39. The lowest BCUT2D eigenvalue weighted by Gasteiger charge is -2.16. The first kappa shape index (κ1) is 34.5. The van der Waals surface area contributed by atoms with Crippen molar-refractivity contribution in [3.63, 3.8) is 0 Å². The number of rotatable bonds is 8. The molecule has 0 aliphatic carbocycles. The van der Waals surface area contributed by atoms with Gasteiger partial charge in [0, 0.05) is 27.5 Å². The minimum atomic E-state index is -1.32. The molecule has 0 bridgehead atoms. The maximum atomic E-state index is 13.3. The molecule has 2 aromatic heterocycles. The van der Waals surface area contributed by atoms with Crippen molar-refractivity contribution < 1.29 is 29.5 Å². The van der Waals surface area contributed by atoms with Crippen molar-refractivity contribution in [2.75, 3.05) is 0 Å². The summed E-state index contributed by atoms with van der Waals surface area (Å²) in [5, 5.41) is 30.7. The van der Waals surface area contributed by atoms with E-state index in [1.54, 1.807) is 36.4 Å². The van der Waals surface area contributed by atoms with Crippen LogP contribution >= 0.6 is 34.8 Å². The van der Waals surface area contributed by atoms with Crippen molar-refractivity contribution in [3.8, 4) is 11.5 Å². The zero-order valence-corrected chi connectivity index (χ0v) is 27.2. The number of carbonyl (C=O) groups excluding carboxylic acids is 1. The molecule has 5 aromatic rings. The van der Waals surface area contributed by atoms with Gasteiger partial charge in [0.1, 0.15) is 17.2 Å². The Labute approximate surface area is 281 Å². The van der Waals surface area contributed by atoms with Crippen LogP contribution in [0, 0.1) is 20.8 Å². The Morgan fingerprint density at radius 3 is 1.63 bits per heavy atom. The Morgan fingerprint density at radius 1 is 0.696 bits per heavy atom. The van der Waals surface area contributed by atoms with E-state index in [0.29, 0.717) is 20.5 Å². The smallest absolute Gasteiger partial charge is 0.531 e. The van der Waals surface area contributed by atoms with E-state index in [0.717, 1.165) is 27.6 Å². The number of hydrogen-bond acceptors (Lipinski definition) is 7. The van der Waals surface area contributed by atoms with E-state index in [9.17, 15) is 19.7 Å². The predicted octanol–water partition coefficient (Wildman–Crippen LogP) is 5.25. The number of aromatic carboxylic acids is 1. The number of aromatic nitrogens is 2. The largest absolute Gasteiger partial charge is 0.560 e. The number of nitrogens with zero attached hydrogens (tertiary/aromatic N) is 2. The van der Waals surface area contributed by atoms with Crippen molar-refractivity contribution >= 4 is 76.7 Å². The molecule has 5 rings (SSSR count). The molecule has 8 nitrogen and oxygen atoms in total. The molecule has 0 radical (unpaired) electrons. The Bertz CT molecular complexity index is 1860.